The lowest BCUT2D eigenvalue weighted by Gasteiger charge is -2.09. The van der Waals surface area contributed by atoms with E-state index < -0.39 is 10.0 Å². The highest BCUT2D eigenvalue weighted by Crippen LogP contribution is 2.28. The van der Waals surface area contributed by atoms with Crippen LogP contribution in [0.1, 0.15) is 5.56 Å². The van der Waals surface area contributed by atoms with Crippen molar-refractivity contribution in [1.82, 2.24) is 14.5 Å². The maximum absolute atomic E-state index is 12.5. The molecule has 2 aromatic heterocycles. The van der Waals surface area contributed by atoms with Gasteiger partial charge in [0.05, 0.1) is 23.4 Å². The average molecular weight is 342 g/mol. The number of nitrogens with one attached hydrogen (secondary N) is 1. The van der Waals surface area contributed by atoms with E-state index >= 15 is 0 Å². The van der Waals surface area contributed by atoms with Gasteiger partial charge in [0.25, 0.3) is 10.0 Å². The van der Waals surface area contributed by atoms with Gasteiger partial charge in [0.15, 0.2) is 0 Å². The second-order valence-electron chi connectivity index (χ2n) is 5.35. The Labute approximate surface area is 139 Å². The molecular weight excluding hydrogens is 328 g/mol. The first-order chi connectivity index (χ1) is 11.6. The smallest absolute Gasteiger partial charge is 0.261 e. The van der Waals surface area contributed by atoms with E-state index in [9.17, 15) is 8.42 Å². The molecule has 0 saturated heterocycles. The van der Waals surface area contributed by atoms with Gasteiger partial charge in [-0.1, -0.05) is 0 Å². The minimum absolute atomic E-state index is 0.213. The van der Waals surface area contributed by atoms with Crippen molar-refractivity contribution in [2.24, 2.45) is 0 Å². The van der Waals surface area contributed by atoms with E-state index in [0.717, 1.165) is 17.7 Å². The number of pyridine rings is 1. The minimum atomic E-state index is -3.67. The number of anilines is 1. The molecule has 3 heterocycles. The fourth-order valence-corrected chi connectivity index (χ4v) is 3.63. The Kier molecular flexibility index (Phi) is 3.46. The van der Waals surface area contributed by atoms with Crippen molar-refractivity contribution >= 4 is 15.7 Å². The van der Waals surface area contributed by atoms with Crippen LogP contribution in [0.2, 0.25) is 0 Å². The number of fused-ring (bicyclic) bond motifs is 1. The van der Waals surface area contributed by atoms with E-state index in [1.165, 1.54) is 6.20 Å². The monoisotopic (exact) mass is 342 g/mol. The van der Waals surface area contributed by atoms with Gasteiger partial charge in [0, 0.05) is 18.8 Å². The number of hydrogen-bond acceptors (Lipinski definition) is 5. The molecule has 0 radical (unpaired) electrons. The number of hydrogen-bond donors (Lipinski definition) is 1. The van der Waals surface area contributed by atoms with Crippen molar-refractivity contribution in [2.75, 3.05) is 11.3 Å². The summed E-state index contributed by atoms with van der Waals surface area (Å²) in [5.74, 6) is 1.41. The number of rotatable bonds is 4. The SMILES string of the molecule is O=S(=O)(Nc1ccc(-n2ccnc2)nc1)c1ccc2c(c1)CCO2. The van der Waals surface area contributed by atoms with Gasteiger partial charge < -0.3 is 4.74 Å². The number of sulfonamides is 1. The van der Waals surface area contributed by atoms with Crippen LogP contribution in [0.5, 0.6) is 5.75 Å². The highest BCUT2D eigenvalue weighted by atomic mass is 32.2. The number of imidazole rings is 1. The highest BCUT2D eigenvalue weighted by Gasteiger charge is 2.19. The third kappa shape index (κ3) is 2.71. The summed E-state index contributed by atoms with van der Waals surface area (Å²) in [6, 6.07) is 8.27. The van der Waals surface area contributed by atoms with Gasteiger partial charge in [0.2, 0.25) is 0 Å². The molecule has 1 aliphatic rings. The fraction of sp³-hybridized carbons (Fsp3) is 0.125. The van der Waals surface area contributed by atoms with Gasteiger partial charge in [-0.05, 0) is 35.9 Å². The van der Waals surface area contributed by atoms with Gasteiger partial charge in [-0.25, -0.2) is 18.4 Å². The Bertz CT molecular complexity index is 967. The first-order valence-electron chi connectivity index (χ1n) is 7.35. The number of ether oxygens (including phenoxy) is 1. The Morgan fingerprint density at radius 3 is 2.88 bits per heavy atom. The van der Waals surface area contributed by atoms with Crippen LogP contribution in [-0.4, -0.2) is 29.6 Å². The van der Waals surface area contributed by atoms with E-state index in [2.05, 4.69) is 14.7 Å². The van der Waals surface area contributed by atoms with Crippen molar-refractivity contribution < 1.29 is 13.2 Å². The van der Waals surface area contributed by atoms with Gasteiger partial charge in [-0.15, -0.1) is 0 Å². The summed E-state index contributed by atoms with van der Waals surface area (Å²) in [6.07, 6.45) is 7.23. The molecule has 0 aliphatic carbocycles. The highest BCUT2D eigenvalue weighted by molar-refractivity contribution is 7.92. The number of aromatic nitrogens is 3. The zero-order valence-electron chi connectivity index (χ0n) is 12.6. The van der Waals surface area contributed by atoms with E-state index in [0.29, 0.717) is 18.1 Å². The number of benzene rings is 1. The van der Waals surface area contributed by atoms with Crippen molar-refractivity contribution in [3.05, 3.63) is 60.8 Å². The molecule has 0 spiro atoms. The molecule has 0 saturated carbocycles. The molecule has 8 heteroatoms. The molecule has 1 N–H and O–H groups in total. The van der Waals surface area contributed by atoms with Crippen LogP contribution in [-0.2, 0) is 16.4 Å². The Hall–Kier alpha value is -2.87. The zero-order valence-corrected chi connectivity index (χ0v) is 13.4. The third-order valence-electron chi connectivity index (χ3n) is 3.74. The van der Waals surface area contributed by atoms with E-state index in [1.807, 2.05) is 0 Å². The van der Waals surface area contributed by atoms with Gasteiger partial charge in [0.1, 0.15) is 17.9 Å². The first kappa shape index (κ1) is 14.7. The van der Waals surface area contributed by atoms with Gasteiger partial charge in [-0.3, -0.25) is 9.29 Å². The second kappa shape index (κ2) is 5.64. The van der Waals surface area contributed by atoms with Crippen molar-refractivity contribution in [2.45, 2.75) is 11.3 Å². The van der Waals surface area contributed by atoms with E-state index in [4.69, 9.17) is 4.74 Å². The van der Waals surface area contributed by atoms with Crippen LogP contribution in [0, 0.1) is 0 Å². The molecule has 0 bridgehead atoms. The maximum atomic E-state index is 12.5. The lowest BCUT2D eigenvalue weighted by Crippen LogP contribution is -2.13. The lowest BCUT2D eigenvalue weighted by molar-refractivity contribution is 0.356. The normalized spacial score (nSPS) is 13.3. The molecule has 24 heavy (non-hydrogen) atoms. The molecule has 7 nitrogen and oxygen atoms in total. The summed E-state index contributed by atoms with van der Waals surface area (Å²) in [7, 11) is -3.67. The molecule has 4 rings (SSSR count). The van der Waals surface area contributed by atoms with E-state index in [1.54, 1.807) is 53.6 Å². The van der Waals surface area contributed by atoms with Crippen LogP contribution in [0.4, 0.5) is 5.69 Å². The molecule has 1 aromatic carbocycles. The molecule has 122 valence electrons. The summed E-state index contributed by atoms with van der Waals surface area (Å²) in [6.45, 7) is 0.589. The quantitative estimate of drug-likeness (QED) is 0.784. The number of nitrogens with zero attached hydrogens (tertiary/aromatic N) is 3. The second-order valence-corrected chi connectivity index (χ2v) is 7.03. The largest absolute Gasteiger partial charge is 0.493 e. The zero-order chi connectivity index (χ0) is 16.6. The third-order valence-corrected chi connectivity index (χ3v) is 5.12. The molecule has 0 unspecified atom stereocenters. The minimum Gasteiger partial charge on any atom is -0.493 e. The van der Waals surface area contributed by atoms with Crippen LogP contribution >= 0.6 is 0 Å². The van der Waals surface area contributed by atoms with Gasteiger partial charge >= 0.3 is 0 Å². The maximum Gasteiger partial charge on any atom is 0.261 e. The summed E-state index contributed by atoms with van der Waals surface area (Å²) >= 11 is 0. The van der Waals surface area contributed by atoms with Crippen LogP contribution in [0.15, 0.2) is 60.1 Å². The molecule has 1 aliphatic heterocycles. The van der Waals surface area contributed by atoms with Gasteiger partial charge in [-0.2, -0.15) is 0 Å². The predicted octanol–water partition coefficient (Wildman–Crippen LogP) is 2.00. The Balaban J connectivity index is 1.57. The molecule has 0 fully saturated rings. The Morgan fingerprint density at radius 2 is 2.12 bits per heavy atom. The molecule has 0 amide bonds. The molecule has 3 aromatic rings. The first-order valence-corrected chi connectivity index (χ1v) is 8.83. The predicted molar refractivity (Wildman–Crippen MR) is 87.8 cm³/mol. The summed E-state index contributed by atoms with van der Waals surface area (Å²) in [5.41, 5.74) is 1.31. The van der Waals surface area contributed by atoms with Crippen LogP contribution in [0.25, 0.3) is 5.82 Å². The van der Waals surface area contributed by atoms with Crippen LogP contribution in [0.3, 0.4) is 0 Å². The standard InChI is InChI=1S/C16H14N4O3S/c21-24(22,14-2-3-15-12(9-14)5-8-23-15)19-13-1-4-16(18-10-13)20-7-6-17-11-20/h1-4,6-7,9-11,19H,5,8H2. The molecule has 0 atom stereocenters. The summed E-state index contributed by atoms with van der Waals surface area (Å²) < 4.78 is 34.7. The van der Waals surface area contributed by atoms with Crippen LogP contribution < -0.4 is 9.46 Å². The Morgan fingerprint density at radius 1 is 1.21 bits per heavy atom. The van der Waals surface area contributed by atoms with Crippen molar-refractivity contribution in [3.63, 3.8) is 0 Å². The average Bonchev–Trinajstić information content (AvgIpc) is 3.26. The summed E-state index contributed by atoms with van der Waals surface area (Å²) in [4.78, 5) is 8.40. The fourth-order valence-electron chi connectivity index (χ4n) is 2.54. The van der Waals surface area contributed by atoms with Crippen molar-refractivity contribution in [1.29, 1.82) is 0 Å². The lowest BCUT2D eigenvalue weighted by atomic mass is 10.2. The van der Waals surface area contributed by atoms with E-state index in [-0.39, 0.29) is 4.90 Å². The summed E-state index contributed by atoms with van der Waals surface area (Å²) in [5, 5.41) is 0. The topological polar surface area (TPSA) is 86.1 Å². The molecular formula is C16H14N4O3S. The van der Waals surface area contributed by atoms with Crippen molar-refractivity contribution in [3.8, 4) is 11.6 Å².